The van der Waals surface area contributed by atoms with E-state index in [1.807, 2.05) is 0 Å². The van der Waals surface area contributed by atoms with Gasteiger partial charge >= 0.3 is 0 Å². The van der Waals surface area contributed by atoms with Crippen LogP contribution in [0.4, 0.5) is 0 Å². The summed E-state index contributed by atoms with van der Waals surface area (Å²) < 4.78 is 5.11. The Morgan fingerprint density at radius 1 is 1.78 bits per heavy atom. The minimum atomic E-state index is 0.250. The van der Waals surface area contributed by atoms with Crippen molar-refractivity contribution in [3.63, 3.8) is 0 Å². The first-order chi connectivity index (χ1) is 4.36. The van der Waals surface area contributed by atoms with Crippen molar-refractivity contribution in [3.05, 3.63) is 5.92 Å². The summed E-state index contributed by atoms with van der Waals surface area (Å²) in [5.74, 6) is 1.24. The molecule has 1 radical (unpaired) electrons. The summed E-state index contributed by atoms with van der Waals surface area (Å²) in [6, 6.07) is 0. The standard InChI is InChI=1S/C7H13O2/c1-9-7-3-2-6(4-7)5-8/h7-8H,2-5H2,1H3. The van der Waals surface area contributed by atoms with Gasteiger partial charge in [-0.2, -0.15) is 0 Å². The minimum Gasteiger partial charge on any atom is -0.396 e. The topological polar surface area (TPSA) is 29.5 Å². The first-order valence-electron chi connectivity index (χ1n) is 3.34. The Kier molecular flexibility index (Phi) is 2.49. The van der Waals surface area contributed by atoms with E-state index in [0.717, 1.165) is 19.3 Å². The SMILES string of the molecule is COC1CC[C](CO)C1. The Bertz CT molecular complexity index is 73.0. The van der Waals surface area contributed by atoms with Crippen LogP contribution in [0.3, 0.4) is 0 Å². The first-order valence-corrected chi connectivity index (χ1v) is 3.34. The molecule has 1 atom stereocenters. The van der Waals surface area contributed by atoms with Gasteiger partial charge in [-0.3, -0.25) is 0 Å². The van der Waals surface area contributed by atoms with Crippen LogP contribution in [-0.4, -0.2) is 24.9 Å². The molecule has 53 valence electrons. The fourth-order valence-corrected chi connectivity index (χ4v) is 1.24. The van der Waals surface area contributed by atoms with Crippen LogP contribution in [0, 0.1) is 5.92 Å². The summed E-state index contributed by atoms with van der Waals surface area (Å²) in [5, 5.41) is 8.69. The monoisotopic (exact) mass is 129 g/mol. The summed E-state index contributed by atoms with van der Waals surface area (Å²) in [6.45, 7) is 0.250. The summed E-state index contributed by atoms with van der Waals surface area (Å²) in [6.07, 6.45) is 3.49. The lowest BCUT2D eigenvalue weighted by atomic mass is 10.1. The highest BCUT2D eigenvalue weighted by Gasteiger charge is 2.23. The third-order valence-corrected chi connectivity index (χ3v) is 1.89. The van der Waals surface area contributed by atoms with Crippen molar-refractivity contribution in [2.24, 2.45) is 0 Å². The van der Waals surface area contributed by atoms with Gasteiger partial charge in [0.2, 0.25) is 0 Å². The van der Waals surface area contributed by atoms with Crippen LogP contribution in [0.2, 0.25) is 0 Å². The molecule has 0 aliphatic heterocycles. The van der Waals surface area contributed by atoms with Gasteiger partial charge in [0.05, 0.1) is 6.10 Å². The van der Waals surface area contributed by atoms with Crippen LogP contribution >= 0.6 is 0 Å². The predicted octanol–water partition coefficient (Wildman–Crippen LogP) is 0.752. The third kappa shape index (κ3) is 1.66. The Morgan fingerprint density at radius 3 is 2.89 bits per heavy atom. The molecule has 9 heavy (non-hydrogen) atoms. The molecule has 0 aromatic carbocycles. The van der Waals surface area contributed by atoms with E-state index in [0.29, 0.717) is 6.10 Å². The number of aliphatic hydroxyl groups excluding tert-OH is 1. The van der Waals surface area contributed by atoms with Crippen LogP contribution in [0.15, 0.2) is 0 Å². The molecular weight excluding hydrogens is 116 g/mol. The largest absolute Gasteiger partial charge is 0.396 e. The molecule has 2 nitrogen and oxygen atoms in total. The molecule has 2 heteroatoms. The zero-order valence-corrected chi connectivity index (χ0v) is 5.76. The van der Waals surface area contributed by atoms with E-state index >= 15 is 0 Å². The second-order valence-corrected chi connectivity index (χ2v) is 2.51. The summed E-state index contributed by atoms with van der Waals surface area (Å²) in [4.78, 5) is 0. The highest BCUT2D eigenvalue weighted by atomic mass is 16.5. The fourth-order valence-electron chi connectivity index (χ4n) is 1.24. The number of rotatable bonds is 2. The van der Waals surface area contributed by atoms with Crippen LogP contribution in [0.25, 0.3) is 0 Å². The Balaban J connectivity index is 2.20. The molecular formula is C7H13O2. The quantitative estimate of drug-likeness (QED) is 0.596. The lowest BCUT2D eigenvalue weighted by Gasteiger charge is -2.05. The van der Waals surface area contributed by atoms with E-state index in [2.05, 4.69) is 0 Å². The van der Waals surface area contributed by atoms with Gasteiger partial charge in [-0.25, -0.2) is 0 Å². The minimum absolute atomic E-state index is 0.250. The number of ether oxygens (including phenoxy) is 1. The van der Waals surface area contributed by atoms with Crippen molar-refractivity contribution in [1.82, 2.24) is 0 Å². The van der Waals surface area contributed by atoms with Crippen LogP contribution in [-0.2, 0) is 4.74 Å². The van der Waals surface area contributed by atoms with Gasteiger partial charge in [0.15, 0.2) is 0 Å². The maximum absolute atomic E-state index is 8.69. The lowest BCUT2D eigenvalue weighted by molar-refractivity contribution is 0.109. The maximum Gasteiger partial charge on any atom is 0.0578 e. The highest BCUT2D eigenvalue weighted by Crippen LogP contribution is 2.28. The molecule has 1 N–H and O–H groups in total. The zero-order valence-electron chi connectivity index (χ0n) is 5.76. The van der Waals surface area contributed by atoms with Crippen LogP contribution in [0.1, 0.15) is 19.3 Å². The van der Waals surface area contributed by atoms with Crippen molar-refractivity contribution < 1.29 is 9.84 Å². The molecule has 0 bridgehead atoms. The predicted molar refractivity (Wildman–Crippen MR) is 35.0 cm³/mol. The van der Waals surface area contributed by atoms with Crippen LogP contribution < -0.4 is 0 Å². The molecule has 1 aliphatic carbocycles. The molecule has 0 aromatic heterocycles. The Morgan fingerprint density at radius 2 is 2.56 bits per heavy atom. The number of aliphatic hydroxyl groups is 1. The molecule has 0 aromatic rings. The van der Waals surface area contributed by atoms with Crippen molar-refractivity contribution in [2.75, 3.05) is 13.7 Å². The summed E-state index contributed by atoms with van der Waals surface area (Å²) in [7, 11) is 1.73. The highest BCUT2D eigenvalue weighted by molar-refractivity contribution is 4.98. The molecule has 1 fully saturated rings. The Hall–Kier alpha value is -0.0800. The van der Waals surface area contributed by atoms with Gasteiger partial charge in [0.1, 0.15) is 0 Å². The van der Waals surface area contributed by atoms with Gasteiger partial charge in [-0.15, -0.1) is 0 Å². The number of hydrogen-bond donors (Lipinski definition) is 1. The fraction of sp³-hybridized carbons (Fsp3) is 0.857. The van der Waals surface area contributed by atoms with E-state index < -0.39 is 0 Å². The van der Waals surface area contributed by atoms with Gasteiger partial charge in [-0.05, 0) is 19.3 Å². The van der Waals surface area contributed by atoms with Gasteiger partial charge < -0.3 is 9.84 Å². The number of methoxy groups -OCH3 is 1. The molecule has 1 aliphatic rings. The van der Waals surface area contributed by atoms with Crippen LogP contribution in [0.5, 0.6) is 0 Å². The second kappa shape index (κ2) is 3.18. The van der Waals surface area contributed by atoms with Crippen molar-refractivity contribution >= 4 is 0 Å². The lowest BCUT2D eigenvalue weighted by Crippen LogP contribution is -2.05. The maximum atomic E-state index is 8.69. The average Bonchev–Trinajstić information content (AvgIpc) is 2.34. The Labute approximate surface area is 55.8 Å². The average molecular weight is 129 g/mol. The van der Waals surface area contributed by atoms with E-state index in [1.54, 1.807) is 7.11 Å². The molecule has 1 unspecified atom stereocenters. The van der Waals surface area contributed by atoms with Gasteiger partial charge in [0, 0.05) is 19.6 Å². The van der Waals surface area contributed by atoms with Gasteiger partial charge in [-0.1, -0.05) is 0 Å². The first kappa shape index (κ1) is 7.03. The van der Waals surface area contributed by atoms with E-state index in [4.69, 9.17) is 9.84 Å². The molecule has 0 heterocycles. The molecule has 1 rings (SSSR count). The molecule has 0 spiro atoms. The van der Waals surface area contributed by atoms with Crippen molar-refractivity contribution in [1.29, 1.82) is 0 Å². The van der Waals surface area contributed by atoms with Crippen molar-refractivity contribution in [3.8, 4) is 0 Å². The smallest absolute Gasteiger partial charge is 0.0578 e. The van der Waals surface area contributed by atoms with E-state index in [9.17, 15) is 0 Å². The summed E-state index contributed by atoms with van der Waals surface area (Å²) >= 11 is 0. The van der Waals surface area contributed by atoms with Crippen molar-refractivity contribution in [2.45, 2.75) is 25.4 Å². The zero-order chi connectivity index (χ0) is 6.69. The number of hydrogen-bond acceptors (Lipinski definition) is 2. The molecule has 1 saturated carbocycles. The normalized spacial score (nSPS) is 29.3. The molecule has 0 saturated heterocycles. The molecule has 0 amide bonds. The van der Waals surface area contributed by atoms with Gasteiger partial charge in [0.25, 0.3) is 0 Å². The second-order valence-electron chi connectivity index (χ2n) is 2.51. The summed E-state index contributed by atoms with van der Waals surface area (Å²) in [5.41, 5.74) is 0. The van der Waals surface area contributed by atoms with E-state index in [1.165, 1.54) is 5.92 Å². The van der Waals surface area contributed by atoms with E-state index in [-0.39, 0.29) is 6.61 Å². The third-order valence-electron chi connectivity index (χ3n) is 1.89.